The van der Waals surface area contributed by atoms with E-state index in [4.69, 9.17) is 27.9 Å². The number of carbonyl (C=O) groups excluding carboxylic acids is 2. The lowest BCUT2D eigenvalue weighted by molar-refractivity contribution is 0.00689. The maximum atomic E-state index is 13.7. The third-order valence-corrected chi connectivity index (χ3v) is 5.44. The second-order valence-electron chi connectivity index (χ2n) is 6.10. The number of benzene rings is 1. The number of fused-ring (bicyclic) bond motifs is 2. The Kier molecular flexibility index (Phi) is 4.00. The fourth-order valence-electron chi connectivity index (χ4n) is 3.38. The molecule has 0 bridgehead atoms. The van der Waals surface area contributed by atoms with Crippen LogP contribution in [0.1, 0.15) is 16.9 Å². The van der Waals surface area contributed by atoms with Crippen LogP contribution in [0.3, 0.4) is 0 Å². The van der Waals surface area contributed by atoms with E-state index in [1.54, 1.807) is 9.80 Å². The average Bonchev–Trinajstić information content (AvgIpc) is 2.95. The van der Waals surface area contributed by atoms with Crippen molar-refractivity contribution < 1.29 is 18.7 Å². The van der Waals surface area contributed by atoms with Crippen molar-refractivity contribution in [2.75, 3.05) is 26.2 Å². The number of halogens is 3. The van der Waals surface area contributed by atoms with Gasteiger partial charge in [0.15, 0.2) is 0 Å². The lowest BCUT2D eigenvalue weighted by Gasteiger charge is -2.43. The third-order valence-electron chi connectivity index (χ3n) is 4.69. The van der Waals surface area contributed by atoms with E-state index < -0.39 is 5.82 Å². The SMILES string of the molecule is O=C(c1[nH]c2ccc(F)c(Cl)c2c1Cl)N1CCN2C(=O)OCC[C@H]2C1. The van der Waals surface area contributed by atoms with Crippen molar-refractivity contribution in [3.8, 4) is 0 Å². The number of ether oxygens (including phenoxy) is 1. The van der Waals surface area contributed by atoms with Crippen LogP contribution in [-0.2, 0) is 4.74 Å². The number of piperazine rings is 1. The van der Waals surface area contributed by atoms with Crippen molar-refractivity contribution in [2.45, 2.75) is 12.5 Å². The Morgan fingerprint density at radius 3 is 2.88 bits per heavy atom. The molecule has 2 saturated heterocycles. The first-order valence-electron chi connectivity index (χ1n) is 7.85. The molecule has 0 spiro atoms. The van der Waals surface area contributed by atoms with E-state index in [1.807, 2.05) is 0 Å². The molecule has 3 heterocycles. The molecular formula is C16H14Cl2FN3O3. The molecule has 2 amide bonds. The van der Waals surface area contributed by atoms with Crippen LogP contribution in [0.2, 0.25) is 10.0 Å². The van der Waals surface area contributed by atoms with Crippen LogP contribution in [0.4, 0.5) is 9.18 Å². The molecule has 0 radical (unpaired) electrons. The summed E-state index contributed by atoms with van der Waals surface area (Å²) in [6, 6.07) is 2.65. The fraction of sp³-hybridized carbons (Fsp3) is 0.375. The number of cyclic esters (lactones) is 1. The average molecular weight is 386 g/mol. The van der Waals surface area contributed by atoms with Gasteiger partial charge in [0.1, 0.15) is 11.5 Å². The molecule has 9 heteroatoms. The number of amides is 2. The van der Waals surface area contributed by atoms with Crippen LogP contribution >= 0.6 is 23.2 Å². The zero-order valence-electron chi connectivity index (χ0n) is 13.0. The molecular weight excluding hydrogens is 372 g/mol. The van der Waals surface area contributed by atoms with Crippen molar-refractivity contribution in [1.82, 2.24) is 14.8 Å². The van der Waals surface area contributed by atoms with Gasteiger partial charge in [-0.2, -0.15) is 0 Å². The Balaban J connectivity index is 1.63. The Morgan fingerprint density at radius 1 is 1.28 bits per heavy atom. The van der Waals surface area contributed by atoms with Gasteiger partial charge in [-0.1, -0.05) is 23.2 Å². The first-order valence-corrected chi connectivity index (χ1v) is 8.61. The van der Waals surface area contributed by atoms with Crippen LogP contribution < -0.4 is 0 Å². The lowest BCUT2D eigenvalue weighted by atomic mass is 10.1. The minimum atomic E-state index is -0.594. The molecule has 0 aliphatic carbocycles. The smallest absolute Gasteiger partial charge is 0.410 e. The molecule has 25 heavy (non-hydrogen) atoms. The summed E-state index contributed by atoms with van der Waals surface area (Å²) in [7, 11) is 0. The molecule has 0 unspecified atom stereocenters. The fourth-order valence-corrected chi connectivity index (χ4v) is 4.01. The van der Waals surface area contributed by atoms with Crippen LogP contribution in [0.5, 0.6) is 0 Å². The van der Waals surface area contributed by atoms with E-state index in [9.17, 15) is 14.0 Å². The number of aromatic nitrogens is 1. The van der Waals surface area contributed by atoms with Gasteiger partial charge in [-0.05, 0) is 12.1 Å². The predicted octanol–water partition coefficient (Wildman–Crippen LogP) is 3.28. The largest absolute Gasteiger partial charge is 0.449 e. The quantitative estimate of drug-likeness (QED) is 0.818. The van der Waals surface area contributed by atoms with E-state index in [1.165, 1.54) is 12.1 Å². The molecule has 2 aromatic rings. The second kappa shape index (κ2) is 6.07. The molecule has 0 saturated carbocycles. The molecule has 6 nitrogen and oxygen atoms in total. The van der Waals surface area contributed by atoms with E-state index in [-0.39, 0.29) is 33.8 Å². The standard InChI is InChI=1S/C16H14Cl2FN3O3/c17-12-9(19)1-2-10-11(12)13(18)14(20-10)15(23)21-4-5-22-8(7-21)3-6-25-16(22)24/h1-2,8,20H,3-7H2/t8-/m0/s1. The summed E-state index contributed by atoms with van der Waals surface area (Å²) in [5, 5.41) is 0.291. The van der Waals surface area contributed by atoms with Crippen LogP contribution in [0.15, 0.2) is 12.1 Å². The number of nitrogens with zero attached hydrogens (tertiary/aromatic N) is 2. The predicted molar refractivity (Wildman–Crippen MR) is 90.6 cm³/mol. The zero-order chi connectivity index (χ0) is 17.7. The number of H-pyrrole nitrogens is 1. The Bertz CT molecular complexity index is 885. The highest BCUT2D eigenvalue weighted by molar-refractivity contribution is 6.44. The van der Waals surface area contributed by atoms with Gasteiger partial charge in [-0.3, -0.25) is 4.79 Å². The van der Waals surface area contributed by atoms with Crippen molar-refractivity contribution in [3.05, 3.63) is 33.7 Å². The number of hydrogen-bond donors (Lipinski definition) is 1. The minimum absolute atomic E-state index is 0.0665. The maximum absolute atomic E-state index is 13.7. The molecule has 132 valence electrons. The zero-order valence-corrected chi connectivity index (χ0v) is 14.5. The molecule has 1 atom stereocenters. The molecule has 4 rings (SSSR count). The third kappa shape index (κ3) is 2.62. The summed E-state index contributed by atoms with van der Waals surface area (Å²) in [6.07, 6.45) is 0.335. The first kappa shape index (κ1) is 16.5. The monoisotopic (exact) mass is 385 g/mol. The molecule has 1 aromatic carbocycles. The number of nitrogens with one attached hydrogen (secondary N) is 1. The van der Waals surface area contributed by atoms with Crippen LogP contribution in [-0.4, -0.2) is 59.1 Å². The van der Waals surface area contributed by atoms with Crippen LogP contribution in [0.25, 0.3) is 10.9 Å². The van der Waals surface area contributed by atoms with E-state index in [2.05, 4.69) is 4.98 Å². The highest BCUT2D eigenvalue weighted by Gasteiger charge is 2.37. The van der Waals surface area contributed by atoms with Gasteiger partial charge in [0.05, 0.1) is 22.7 Å². The van der Waals surface area contributed by atoms with Crippen LogP contribution in [0, 0.1) is 5.82 Å². The van der Waals surface area contributed by atoms with Gasteiger partial charge in [0.25, 0.3) is 5.91 Å². The van der Waals surface area contributed by atoms with Crippen molar-refractivity contribution >= 4 is 46.1 Å². The van der Waals surface area contributed by atoms with Gasteiger partial charge in [0, 0.05) is 37.0 Å². The number of rotatable bonds is 1. The summed E-state index contributed by atoms with van der Waals surface area (Å²) < 4.78 is 18.7. The van der Waals surface area contributed by atoms with Gasteiger partial charge in [-0.25, -0.2) is 9.18 Å². The maximum Gasteiger partial charge on any atom is 0.410 e. The topological polar surface area (TPSA) is 65.6 Å². The molecule has 2 aliphatic rings. The second-order valence-corrected chi connectivity index (χ2v) is 6.86. The highest BCUT2D eigenvalue weighted by Crippen LogP contribution is 2.35. The van der Waals surface area contributed by atoms with Gasteiger partial charge in [0.2, 0.25) is 0 Å². The summed E-state index contributed by atoms with van der Waals surface area (Å²) in [5.74, 6) is -0.889. The van der Waals surface area contributed by atoms with Crippen molar-refractivity contribution in [1.29, 1.82) is 0 Å². The molecule has 1 N–H and O–H groups in total. The summed E-state index contributed by atoms with van der Waals surface area (Å²) >= 11 is 12.3. The number of hydrogen-bond acceptors (Lipinski definition) is 3. The Hall–Kier alpha value is -1.99. The molecule has 2 aliphatic heterocycles. The van der Waals surface area contributed by atoms with E-state index >= 15 is 0 Å². The Morgan fingerprint density at radius 2 is 2.08 bits per heavy atom. The molecule has 2 fully saturated rings. The Labute approximate surface area is 152 Å². The van der Waals surface area contributed by atoms with Crippen molar-refractivity contribution in [2.24, 2.45) is 0 Å². The van der Waals surface area contributed by atoms with Gasteiger partial charge >= 0.3 is 6.09 Å². The van der Waals surface area contributed by atoms with Gasteiger partial charge < -0.3 is 19.5 Å². The molecule has 1 aromatic heterocycles. The highest BCUT2D eigenvalue weighted by atomic mass is 35.5. The lowest BCUT2D eigenvalue weighted by Crippen LogP contribution is -2.59. The van der Waals surface area contributed by atoms with E-state index in [0.29, 0.717) is 43.6 Å². The minimum Gasteiger partial charge on any atom is -0.449 e. The summed E-state index contributed by atoms with van der Waals surface area (Å²) in [5.41, 5.74) is 0.677. The van der Waals surface area contributed by atoms with Crippen molar-refractivity contribution in [3.63, 3.8) is 0 Å². The van der Waals surface area contributed by atoms with Gasteiger partial charge in [-0.15, -0.1) is 0 Å². The number of carbonyl (C=O) groups is 2. The normalized spacial score (nSPS) is 20.6. The first-order chi connectivity index (χ1) is 12.0. The number of aromatic amines is 1. The summed E-state index contributed by atoms with van der Waals surface area (Å²) in [6.45, 7) is 1.53. The summed E-state index contributed by atoms with van der Waals surface area (Å²) in [4.78, 5) is 30.8. The van der Waals surface area contributed by atoms with E-state index in [0.717, 1.165) is 0 Å².